The van der Waals surface area contributed by atoms with Crippen LogP contribution < -0.4 is 10.6 Å². The lowest BCUT2D eigenvalue weighted by Crippen LogP contribution is -2.56. The van der Waals surface area contributed by atoms with Gasteiger partial charge >= 0.3 is 0 Å². The van der Waals surface area contributed by atoms with Crippen molar-refractivity contribution >= 4 is 24.0 Å². The molecule has 5 nitrogen and oxygen atoms in total. The van der Waals surface area contributed by atoms with Crippen LogP contribution in [-0.4, -0.2) is 66.6 Å². The van der Waals surface area contributed by atoms with Gasteiger partial charge in [0.05, 0.1) is 6.04 Å². The van der Waals surface area contributed by atoms with E-state index in [-0.39, 0.29) is 29.9 Å². The summed E-state index contributed by atoms with van der Waals surface area (Å²) in [7, 11) is 0. The van der Waals surface area contributed by atoms with Crippen LogP contribution in [0.25, 0.3) is 0 Å². The van der Waals surface area contributed by atoms with Crippen LogP contribution in [0, 0.1) is 0 Å². The third kappa shape index (κ3) is 4.48. The quantitative estimate of drug-likeness (QED) is 0.893. The molecule has 2 N–H and O–H groups in total. The summed E-state index contributed by atoms with van der Waals surface area (Å²) in [6.07, 6.45) is 0.927. The van der Waals surface area contributed by atoms with Gasteiger partial charge in [-0.25, -0.2) is 0 Å². The van der Waals surface area contributed by atoms with Crippen LogP contribution >= 0.6 is 12.4 Å². The summed E-state index contributed by atoms with van der Waals surface area (Å²) in [5.74, 6) is 0.254. The lowest BCUT2D eigenvalue weighted by molar-refractivity contribution is -0.122. The lowest BCUT2D eigenvalue weighted by atomic mass is 10.1. The van der Waals surface area contributed by atoms with Crippen LogP contribution in [0.3, 0.4) is 0 Å². The molecule has 2 fully saturated rings. The molecular weight excluding hydrogens is 324 g/mol. The second kappa shape index (κ2) is 7.83. The highest BCUT2D eigenvalue weighted by molar-refractivity contribution is 5.99. The van der Waals surface area contributed by atoms with Crippen molar-refractivity contribution in [1.82, 2.24) is 9.80 Å². The largest absolute Gasteiger partial charge is 0.324 e. The van der Waals surface area contributed by atoms with E-state index in [1.807, 2.05) is 35.2 Å². The minimum atomic E-state index is -0.157. The van der Waals surface area contributed by atoms with Crippen LogP contribution in [-0.2, 0) is 4.79 Å². The zero-order chi connectivity index (χ0) is 16.4. The van der Waals surface area contributed by atoms with Crippen LogP contribution in [0.1, 0.15) is 20.3 Å². The predicted octanol–water partition coefficient (Wildman–Crippen LogP) is 1.57. The molecule has 1 amide bonds. The highest BCUT2D eigenvalue weighted by Crippen LogP contribution is 2.25. The number of nitrogens with zero attached hydrogens (tertiary/aromatic N) is 3. The molecule has 0 saturated carbocycles. The second-order valence-corrected chi connectivity index (χ2v) is 7.43. The van der Waals surface area contributed by atoms with Gasteiger partial charge in [-0.3, -0.25) is 14.6 Å². The van der Waals surface area contributed by atoms with E-state index in [2.05, 4.69) is 23.6 Å². The number of hydrogen-bond acceptors (Lipinski definition) is 4. The molecule has 0 aromatic heterocycles. The van der Waals surface area contributed by atoms with Gasteiger partial charge in [0.25, 0.3) is 0 Å². The predicted molar refractivity (Wildman–Crippen MR) is 101 cm³/mol. The zero-order valence-electron chi connectivity index (χ0n) is 14.6. The van der Waals surface area contributed by atoms with E-state index in [0.717, 1.165) is 51.4 Å². The molecule has 3 rings (SSSR count). The fourth-order valence-corrected chi connectivity index (χ4v) is 3.68. The number of benzene rings is 1. The molecule has 2 aliphatic heterocycles. The number of piperazine rings is 1. The van der Waals surface area contributed by atoms with Gasteiger partial charge < -0.3 is 10.6 Å². The van der Waals surface area contributed by atoms with Crippen molar-refractivity contribution in [3.05, 3.63) is 30.3 Å². The van der Waals surface area contributed by atoms with Gasteiger partial charge in [0.2, 0.25) is 5.91 Å². The molecule has 0 radical (unpaired) electrons. The Labute approximate surface area is 151 Å². The first kappa shape index (κ1) is 19.2. The molecule has 1 aromatic rings. The minimum Gasteiger partial charge on any atom is -0.324 e. The lowest BCUT2D eigenvalue weighted by Gasteiger charge is -2.39. The standard InChI is InChI=1S/C18H28N4O.ClH/c1-18(2,19)14-20-10-12-21(13-11-20)16-8-9-22(17(16)23)15-6-4-3-5-7-15;/h3-7,16H,8-14,19H2,1-2H3;1H. The van der Waals surface area contributed by atoms with Gasteiger partial charge in [-0.2, -0.15) is 0 Å². The molecule has 134 valence electrons. The summed E-state index contributed by atoms with van der Waals surface area (Å²) in [5.41, 5.74) is 6.97. The zero-order valence-corrected chi connectivity index (χ0v) is 15.5. The molecule has 24 heavy (non-hydrogen) atoms. The first-order valence-corrected chi connectivity index (χ1v) is 8.56. The topological polar surface area (TPSA) is 52.8 Å². The maximum atomic E-state index is 12.8. The molecular formula is C18H29ClN4O. The van der Waals surface area contributed by atoms with Crippen molar-refractivity contribution in [2.45, 2.75) is 31.8 Å². The monoisotopic (exact) mass is 352 g/mol. The van der Waals surface area contributed by atoms with Gasteiger partial charge in [0.1, 0.15) is 0 Å². The number of nitrogens with two attached hydrogens (primary N) is 1. The van der Waals surface area contributed by atoms with Crippen LogP contribution in [0.2, 0.25) is 0 Å². The first-order valence-electron chi connectivity index (χ1n) is 8.56. The van der Waals surface area contributed by atoms with Gasteiger partial charge in [-0.05, 0) is 32.4 Å². The van der Waals surface area contributed by atoms with Gasteiger partial charge in [-0.1, -0.05) is 18.2 Å². The maximum absolute atomic E-state index is 12.8. The number of carbonyl (C=O) groups excluding carboxylic acids is 1. The second-order valence-electron chi connectivity index (χ2n) is 7.43. The highest BCUT2D eigenvalue weighted by Gasteiger charge is 2.37. The van der Waals surface area contributed by atoms with Crippen molar-refractivity contribution in [3.63, 3.8) is 0 Å². The van der Waals surface area contributed by atoms with Crippen molar-refractivity contribution in [3.8, 4) is 0 Å². The van der Waals surface area contributed by atoms with Crippen molar-refractivity contribution in [1.29, 1.82) is 0 Å². The molecule has 0 bridgehead atoms. The highest BCUT2D eigenvalue weighted by atomic mass is 35.5. The fourth-order valence-electron chi connectivity index (χ4n) is 3.68. The Kier molecular flexibility index (Phi) is 6.26. The van der Waals surface area contributed by atoms with E-state index in [1.54, 1.807) is 0 Å². The van der Waals surface area contributed by atoms with Crippen molar-refractivity contribution in [2.75, 3.05) is 44.2 Å². The first-order chi connectivity index (χ1) is 10.9. The Morgan fingerprint density at radius 3 is 2.29 bits per heavy atom. The average Bonchev–Trinajstić information content (AvgIpc) is 2.89. The Bertz CT molecular complexity index is 538. The van der Waals surface area contributed by atoms with Crippen molar-refractivity contribution < 1.29 is 4.79 Å². The smallest absolute Gasteiger partial charge is 0.244 e. The number of hydrogen-bond donors (Lipinski definition) is 1. The van der Waals surface area contributed by atoms with Gasteiger partial charge in [-0.15, -0.1) is 12.4 Å². The molecule has 0 aliphatic carbocycles. The molecule has 1 aromatic carbocycles. The van der Waals surface area contributed by atoms with Crippen LogP contribution in [0.4, 0.5) is 5.69 Å². The SMILES string of the molecule is CC(C)(N)CN1CCN(C2CCN(c3ccccc3)C2=O)CC1.Cl. The number of para-hydroxylation sites is 1. The molecule has 2 saturated heterocycles. The number of carbonyl (C=O) groups is 1. The van der Waals surface area contributed by atoms with E-state index < -0.39 is 0 Å². The van der Waals surface area contributed by atoms with Crippen LogP contribution in [0.15, 0.2) is 30.3 Å². The molecule has 1 atom stereocenters. The Morgan fingerprint density at radius 2 is 1.71 bits per heavy atom. The van der Waals surface area contributed by atoms with Crippen molar-refractivity contribution in [2.24, 2.45) is 5.73 Å². The molecule has 1 unspecified atom stereocenters. The number of amides is 1. The molecule has 6 heteroatoms. The Hall–Kier alpha value is -1.14. The van der Waals surface area contributed by atoms with E-state index in [1.165, 1.54) is 0 Å². The number of halogens is 1. The summed E-state index contributed by atoms with van der Waals surface area (Å²) in [5, 5.41) is 0. The Balaban J connectivity index is 0.00000208. The third-order valence-electron chi connectivity index (χ3n) is 4.72. The summed E-state index contributed by atoms with van der Waals surface area (Å²) >= 11 is 0. The van der Waals surface area contributed by atoms with Crippen LogP contribution in [0.5, 0.6) is 0 Å². The van der Waals surface area contributed by atoms with E-state index in [0.29, 0.717) is 0 Å². The maximum Gasteiger partial charge on any atom is 0.244 e. The third-order valence-corrected chi connectivity index (χ3v) is 4.72. The average molecular weight is 353 g/mol. The number of anilines is 1. The summed E-state index contributed by atoms with van der Waals surface area (Å²) in [4.78, 5) is 19.5. The van der Waals surface area contributed by atoms with E-state index in [4.69, 9.17) is 5.73 Å². The van der Waals surface area contributed by atoms with Gasteiger partial charge in [0.15, 0.2) is 0 Å². The Morgan fingerprint density at radius 1 is 1.08 bits per heavy atom. The molecule has 2 aliphatic rings. The molecule has 0 spiro atoms. The van der Waals surface area contributed by atoms with E-state index in [9.17, 15) is 4.79 Å². The summed E-state index contributed by atoms with van der Waals surface area (Å²) < 4.78 is 0. The van der Waals surface area contributed by atoms with Gasteiger partial charge in [0, 0.05) is 50.5 Å². The summed E-state index contributed by atoms with van der Waals surface area (Å²) in [6.45, 7) is 9.77. The van der Waals surface area contributed by atoms with E-state index >= 15 is 0 Å². The number of rotatable bonds is 4. The fraction of sp³-hybridized carbons (Fsp3) is 0.611. The summed E-state index contributed by atoms with van der Waals surface area (Å²) in [6, 6.07) is 10.0. The minimum absolute atomic E-state index is 0. The normalized spacial score (nSPS) is 23.4. The molecule has 2 heterocycles.